The number of aromatic nitrogens is 1. The van der Waals surface area contributed by atoms with Gasteiger partial charge in [0.25, 0.3) is 11.5 Å². The van der Waals surface area contributed by atoms with Gasteiger partial charge >= 0.3 is 0 Å². The molecule has 1 aliphatic heterocycles. The van der Waals surface area contributed by atoms with Crippen molar-refractivity contribution in [2.24, 2.45) is 0 Å². The van der Waals surface area contributed by atoms with Crippen LogP contribution in [-0.2, 0) is 4.79 Å². The fraction of sp³-hybridized carbons (Fsp3) is 0.320. The lowest BCUT2D eigenvalue weighted by atomic mass is 9.99. The third-order valence-corrected chi connectivity index (χ3v) is 7.25. The molecule has 3 rings (SSSR count). The molecule has 2 heterocycles. The third-order valence-electron chi connectivity index (χ3n) is 5.87. The highest BCUT2D eigenvalue weighted by Gasteiger charge is 2.33. The summed E-state index contributed by atoms with van der Waals surface area (Å²) < 4.78 is 1.43. The molecular weight excluding hydrogens is 470 g/mol. The summed E-state index contributed by atoms with van der Waals surface area (Å²) in [7, 11) is 0. The molecule has 176 valence electrons. The van der Waals surface area contributed by atoms with E-state index in [1.165, 1.54) is 23.6 Å². The molecule has 1 amide bonds. The summed E-state index contributed by atoms with van der Waals surface area (Å²) in [5, 5.41) is 20.3. The minimum Gasteiger partial charge on any atom is -0.494 e. The minimum absolute atomic E-state index is 0.0258. The van der Waals surface area contributed by atoms with Crippen molar-refractivity contribution in [2.45, 2.75) is 46.6 Å². The summed E-state index contributed by atoms with van der Waals surface area (Å²) in [4.78, 5) is 40.5. The Morgan fingerprint density at radius 2 is 1.91 bits per heavy atom. The van der Waals surface area contributed by atoms with E-state index in [0.29, 0.717) is 15.6 Å². The van der Waals surface area contributed by atoms with Gasteiger partial charge in [-0.3, -0.25) is 23.9 Å². The van der Waals surface area contributed by atoms with Crippen LogP contribution in [-0.4, -0.2) is 37.1 Å². The van der Waals surface area contributed by atoms with Crippen molar-refractivity contribution in [3.63, 3.8) is 0 Å². The zero-order valence-electron chi connectivity index (χ0n) is 19.4. The maximum Gasteiger partial charge on any atom is 0.271 e. The number of aromatic hydroxyl groups is 1. The van der Waals surface area contributed by atoms with Crippen molar-refractivity contribution in [2.75, 3.05) is 6.54 Å². The van der Waals surface area contributed by atoms with Gasteiger partial charge in [-0.1, -0.05) is 60.7 Å². The first kappa shape index (κ1) is 25.4. The highest BCUT2D eigenvalue weighted by Crippen LogP contribution is 2.33. The fourth-order valence-corrected chi connectivity index (χ4v) is 5.00. The Kier molecular flexibility index (Phi) is 7.75. The van der Waals surface area contributed by atoms with E-state index in [-0.39, 0.29) is 35.6 Å². The van der Waals surface area contributed by atoms with Gasteiger partial charge in [0, 0.05) is 19.0 Å². The molecule has 1 atom stereocenters. The molecule has 0 aliphatic carbocycles. The number of amides is 1. The predicted octanol–water partition coefficient (Wildman–Crippen LogP) is 4.49. The number of nitriles is 1. The molecule has 7 nitrogen and oxygen atoms in total. The van der Waals surface area contributed by atoms with Gasteiger partial charge in [0.15, 0.2) is 5.78 Å². The molecule has 1 N–H and O–H groups in total. The maximum atomic E-state index is 13.1. The molecule has 1 aromatic carbocycles. The van der Waals surface area contributed by atoms with Gasteiger partial charge in [0.1, 0.15) is 16.0 Å². The molecule has 0 bridgehead atoms. The number of nitrogens with zero attached hydrogens (tertiary/aromatic N) is 3. The lowest BCUT2D eigenvalue weighted by Gasteiger charge is -2.20. The molecule has 2 aromatic rings. The maximum absolute atomic E-state index is 13.1. The average molecular weight is 496 g/mol. The van der Waals surface area contributed by atoms with Crippen LogP contribution in [0.5, 0.6) is 5.88 Å². The molecule has 1 fully saturated rings. The van der Waals surface area contributed by atoms with Gasteiger partial charge in [0.2, 0.25) is 5.88 Å². The second-order valence-electron chi connectivity index (χ2n) is 8.16. The van der Waals surface area contributed by atoms with Crippen LogP contribution in [0.15, 0.2) is 34.0 Å². The molecule has 0 radical (unpaired) electrons. The number of hydrogen-bond donors (Lipinski definition) is 1. The molecule has 1 unspecified atom stereocenters. The number of pyridine rings is 1. The smallest absolute Gasteiger partial charge is 0.271 e. The summed E-state index contributed by atoms with van der Waals surface area (Å²) in [6.07, 6.45) is 2.17. The molecule has 34 heavy (non-hydrogen) atoms. The molecular formula is C25H25N3O4S2. The lowest BCUT2D eigenvalue weighted by Crippen LogP contribution is -2.32. The Labute approximate surface area is 207 Å². The van der Waals surface area contributed by atoms with E-state index in [0.717, 1.165) is 15.7 Å². The van der Waals surface area contributed by atoms with Crippen LogP contribution in [0.25, 0.3) is 6.08 Å². The van der Waals surface area contributed by atoms with Gasteiger partial charge < -0.3 is 5.11 Å². The van der Waals surface area contributed by atoms with Gasteiger partial charge in [0.05, 0.1) is 10.5 Å². The molecule has 1 saturated heterocycles. The molecule has 1 aliphatic rings. The number of carbonyl (C=O) groups is 2. The quantitative estimate of drug-likeness (QED) is 0.343. The SMILES string of the molecule is CCC(C)n1c(O)c(C(=O)CCN2C(=O)/C(=C/c3ccc(C)cc3)SC2=S)c(C)c(C#N)c1=O. The Balaban J connectivity index is 1.85. The van der Waals surface area contributed by atoms with Gasteiger partial charge in [-0.15, -0.1) is 0 Å². The molecule has 1 aromatic heterocycles. The van der Waals surface area contributed by atoms with Crippen LogP contribution in [0.3, 0.4) is 0 Å². The highest BCUT2D eigenvalue weighted by molar-refractivity contribution is 8.26. The molecule has 0 spiro atoms. The number of thioether (sulfide) groups is 1. The number of hydrogen-bond acceptors (Lipinski definition) is 7. The van der Waals surface area contributed by atoms with E-state index in [9.17, 15) is 24.8 Å². The number of aryl methyl sites for hydroxylation is 1. The normalized spacial score (nSPS) is 15.6. The van der Waals surface area contributed by atoms with E-state index < -0.39 is 23.3 Å². The zero-order chi connectivity index (χ0) is 25.2. The second-order valence-corrected chi connectivity index (χ2v) is 9.84. The van der Waals surface area contributed by atoms with Crippen LogP contribution < -0.4 is 5.56 Å². The number of ketones is 1. The minimum atomic E-state index is -0.624. The summed E-state index contributed by atoms with van der Waals surface area (Å²) >= 11 is 6.53. The van der Waals surface area contributed by atoms with Crippen LogP contribution >= 0.6 is 24.0 Å². The Morgan fingerprint density at radius 3 is 2.50 bits per heavy atom. The van der Waals surface area contributed by atoms with E-state index in [1.54, 1.807) is 13.0 Å². The number of rotatable bonds is 7. The lowest BCUT2D eigenvalue weighted by molar-refractivity contribution is -0.122. The van der Waals surface area contributed by atoms with Crippen LogP contribution in [0.2, 0.25) is 0 Å². The topological polar surface area (TPSA) is 103 Å². The second kappa shape index (κ2) is 10.4. The number of carbonyl (C=O) groups excluding carboxylic acids is 2. The molecule has 9 heteroatoms. The average Bonchev–Trinajstić information content (AvgIpc) is 3.06. The van der Waals surface area contributed by atoms with E-state index in [2.05, 4.69) is 0 Å². The summed E-state index contributed by atoms with van der Waals surface area (Å²) in [6.45, 7) is 7.04. The van der Waals surface area contributed by atoms with Crippen LogP contribution in [0.1, 0.15) is 65.3 Å². The van der Waals surface area contributed by atoms with Gasteiger partial charge in [-0.25, -0.2) is 0 Å². The van der Waals surface area contributed by atoms with E-state index in [4.69, 9.17) is 12.2 Å². The van der Waals surface area contributed by atoms with Crippen molar-refractivity contribution >= 4 is 46.1 Å². The number of thiocarbonyl (C=S) groups is 1. The first-order valence-corrected chi connectivity index (χ1v) is 12.1. The van der Waals surface area contributed by atoms with E-state index in [1.807, 2.05) is 44.2 Å². The zero-order valence-corrected chi connectivity index (χ0v) is 21.0. The van der Waals surface area contributed by atoms with Crippen LogP contribution in [0, 0.1) is 25.2 Å². The summed E-state index contributed by atoms with van der Waals surface area (Å²) in [6, 6.07) is 9.19. The van der Waals surface area contributed by atoms with E-state index >= 15 is 0 Å². The monoisotopic (exact) mass is 495 g/mol. The van der Waals surface area contributed by atoms with Gasteiger partial charge in [-0.05, 0) is 44.4 Å². The first-order chi connectivity index (χ1) is 16.1. The highest BCUT2D eigenvalue weighted by atomic mass is 32.2. The standard InChI is InChI=1S/C25H25N3O4S2/c1-5-15(3)28-22(30)18(13-26)16(4)21(24(28)32)19(29)10-11-27-23(31)20(34-25(27)33)12-17-8-6-14(2)7-9-17/h6-9,12,15,32H,5,10-11H2,1-4H3/b20-12-. The number of Topliss-reactive ketones (excluding diaryl/α,β-unsaturated/α-hetero) is 1. The van der Waals surface area contributed by atoms with Crippen molar-refractivity contribution in [3.05, 3.63) is 67.3 Å². The fourth-order valence-electron chi connectivity index (χ4n) is 3.69. The molecule has 0 saturated carbocycles. The first-order valence-electron chi connectivity index (χ1n) is 10.8. The van der Waals surface area contributed by atoms with Crippen molar-refractivity contribution in [3.8, 4) is 11.9 Å². The largest absolute Gasteiger partial charge is 0.494 e. The van der Waals surface area contributed by atoms with Crippen LogP contribution in [0.4, 0.5) is 0 Å². The van der Waals surface area contributed by atoms with Crippen molar-refractivity contribution in [1.82, 2.24) is 9.47 Å². The summed E-state index contributed by atoms with van der Waals surface area (Å²) in [5.74, 6) is -1.21. The number of benzene rings is 1. The Hall–Kier alpha value is -3.22. The van der Waals surface area contributed by atoms with Crippen molar-refractivity contribution < 1.29 is 14.7 Å². The predicted molar refractivity (Wildman–Crippen MR) is 137 cm³/mol. The van der Waals surface area contributed by atoms with Crippen molar-refractivity contribution in [1.29, 1.82) is 5.26 Å². The Morgan fingerprint density at radius 1 is 1.26 bits per heavy atom. The third kappa shape index (κ3) is 4.83. The summed E-state index contributed by atoms with van der Waals surface area (Å²) in [5.41, 5.74) is 1.26. The Bertz CT molecular complexity index is 1300. The van der Waals surface area contributed by atoms with Gasteiger partial charge in [-0.2, -0.15) is 5.26 Å².